The van der Waals surface area contributed by atoms with Gasteiger partial charge in [-0.1, -0.05) is 78.7 Å². The summed E-state index contributed by atoms with van der Waals surface area (Å²) in [6, 6.07) is 13.5. The van der Waals surface area contributed by atoms with Crippen LogP contribution in [0.15, 0.2) is 47.3 Å². The van der Waals surface area contributed by atoms with Crippen LogP contribution in [0.2, 0.25) is 10.0 Å². The maximum atomic E-state index is 12.7. The molecule has 4 nitrogen and oxygen atoms in total. The molecule has 2 aromatic carbocycles. The van der Waals surface area contributed by atoms with Crippen molar-refractivity contribution in [3.05, 3.63) is 89.9 Å². The van der Waals surface area contributed by atoms with Crippen molar-refractivity contribution in [1.29, 1.82) is 0 Å². The molecule has 0 fully saturated rings. The molecule has 0 N–H and O–H groups in total. The van der Waals surface area contributed by atoms with Gasteiger partial charge in [0.1, 0.15) is 0 Å². The average molecular weight is 442 g/mol. The van der Waals surface area contributed by atoms with Gasteiger partial charge < -0.3 is 0 Å². The largest absolute Gasteiger partial charge is 0.291 e. The Bertz CT molecular complexity index is 1320. The van der Waals surface area contributed by atoms with Crippen molar-refractivity contribution in [2.24, 2.45) is 0 Å². The maximum Gasteiger partial charge on any atom is 0.291 e. The third-order valence-corrected chi connectivity index (χ3v) is 6.00. The molecule has 4 rings (SSSR count). The van der Waals surface area contributed by atoms with E-state index in [1.165, 1.54) is 21.4 Å². The molecule has 0 bridgehead atoms. The Morgan fingerprint density at radius 1 is 1.07 bits per heavy atom. The number of nitrogens with zero attached hydrogens (tertiary/aromatic N) is 3. The summed E-state index contributed by atoms with van der Waals surface area (Å²) >= 11 is 13.4. The molecule has 0 radical (unpaired) electrons. The van der Waals surface area contributed by atoms with Gasteiger partial charge in [0, 0.05) is 10.0 Å². The molecule has 0 unspecified atom stereocenters. The van der Waals surface area contributed by atoms with Crippen molar-refractivity contribution in [2.75, 3.05) is 0 Å². The lowest BCUT2D eigenvalue weighted by Crippen LogP contribution is -2.23. The average Bonchev–Trinajstić information content (AvgIpc) is 3.21. The number of hydrogen-bond donors (Lipinski definition) is 0. The summed E-state index contributed by atoms with van der Waals surface area (Å²) < 4.78 is 1.94. The van der Waals surface area contributed by atoms with Crippen LogP contribution in [0.4, 0.5) is 0 Å². The van der Waals surface area contributed by atoms with Gasteiger partial charge in [-0.25, -0.2) is 0 Å². The molecule has 0 atom stereocenters. The first-order valence-corrected chi connectivity index (χ1v) is 10.6. The van der Waals surface area contributed by atoms with Crippen LogP contribution in [0, 0.1) is 0 Å². The summed E-state index contributed by atoms with van der Waals surface area (Å²) in [4.78, 5) is 17.7. The zero-order valence-corrected chi connectivity index (χ0v) is 18.1. The molecule has 0 aliphatic heterocycles. The highest BCUT2D eigenvalue weighted by atomic mass is 35.5. The lowest BCUT2D eigenvalue weighted by Gasteiger charge is -2.04. The van der Waals surface area contributed by atoms with E-state index in [1.807, 2.05) is 24.3 Å². The Kier molecular flexibility index (Phi) is 5.54. The molecular formula is C22H17Cl2N3OS. The Labute approximate surface area is 181 Å². The number of thiazole rings is 1. The van der Waals surface area contributed by atoms with E-state index in [2.05, 4.69) is 36.1 Å². The molecule has 0 aliphatic carbocycles. The number of hydrogen-bond acceptors (Lipinski definition) is 4. The quantitative estimate of drug-likeness (QED) is 0.431. The Hall–Kier alpha value is -2.47. The fourth-order valence-electron chi connectivity index (χ4n) is 2.85. The Morgan fingerprint density at radius 3 is 2.48 bits per heavy atom. The molecule has 146 valence electrons. The smallest absolute Gasteiger partial charge is 0.266 e. The maximum absolute atomic E-state index is 12.7. The SMILES string of the molecule is CC(C)c1ccc(/C=c2\sc3nc(/C=C/c4ccc(Cl)cc4Cl)nn3c2=O)cc1. The van der Waals surface area contributed by atoms with E-state index in [-0.39, 0.29) is 5.56 Å². The van der Waals surface area contributed by atoms with Crippen LogP contribution < -0.4 is 10.1 Å². The summed E-state index contributed by atoms with van der Waals surface area (Å²) in [5.41, 5.74) is 2.88. The standard InChI is InChI=1S/C22H17Cl2N3OS/c1-13(2)15-5-3-14(4-6-15)11-19-21(28)27-22(29-19)25-20(26-27)10-8-16-7-9-17(23)12-18(16)24/h3-13H,1-2H3/b10-8+,19-11-. The van der Waals surface area contributed by atoms with Crippen LogP contribution in [0.1, 0.15) is 42.3 Å². The van der Waals surface area contributed by atoms with Crippen LogP contribution in [-0.2, 0) is 0 Å². The number of fused-ring (bicyclic) bond motifs is 1. The van der Waals surface area contributed by atoms with Crippen molar-refractivity contribution in [3.8, 4) is 0 Å². The topological polar surface area (TPSA) is 47.3 Å². The summed E-state index contributed by atoms with van der Waals surface area (Å²) in [5.74, 6) is 0.926. The lowest BCUT2D eigenvalue weighted by molar-refractivity contribution is 0.866. The van der Waals surface area contributed by atoms with E-state index >= 15 is 0 Å². The van der Waals surface area contributed by atoms with Crippen molar-refractivity contribution in [2.45, 2.75) is 19.8 Å². The summed E-state index contributed by atoms with van der Waals surface area (Å²) in [7, 11) is 0. The minimum absolute atomic E-state index is 0.172. The Balaban J connectivity index is 1.63. The normalized spacial score (nSPS) is 12.7. The predicted octanol–water partition coefficient (Wildman–Crippen LogP) is 5.30. The fourth-order valence-corrected chi connectivity index (χ4v) is 4.24. The Morgan fingerprint density at radius 2 is 1.83 bits per heavy atom. The van der Waals surface area contributed by atoms with Gasteiger partial charge in [-0.15, -0.1) is 5.10 Å². The summed E-state index contributed by atoms with van der Waals surface area (Å²) in [5, 5.41) is 5.42. The molecule has 2 heterocycles. The first-order valence-electron chi connectivity index (χ1n) is 9.05. The second-order valence-electron chi connectivity index (χ2n) is 6.90. The minimum Gasteiger partial charge on any atom is -0.266 e. The fraction of sp³-hybridized carbons (Fsp3) is 0.136. The van der Waals surface area contributed by atoms with Crippen LogP contribution in [-0.4, -0.2) is 14.6 Å². The van der Waals surface area contributed by atoms with Gasteiger partial charge in [-0.2, -0.15) is 9.50 Å². The predicted molar refractivity (Wildman–Crippen MR) is 122 cm³/mol. The first-order chi connectivity index (χ1) is 13.9. The van der Waals surface area contributed by atoms with Gasteiger partial charge in [0.05, 0.1) is 4.53 Å². The second kappa shape index (κ2) is 8.11. The highest BCUT2D eigenvalue weighted by Gasteiger charge is 2.09. The van der Waals surface area contributed by atoms with Crippen LogP contribution in [0.3, 0.4) is 0 Å². The van der Waals surface area contributed by atoms with Gasteiger partial charge in [0.2, 0.25) is 4.96 Å². The summed E-state index contributed by atoms with van der Waals surface area (Å²) in [6.45, 7) is 4.31. The van der Waals surface area contributed by atoms with Crippen molar-refractivity contribution in [1.82, 2.24) is 14.6 Å². The molecular weight excluding hydrogens is 425 g/mol. The van der Waals surface area contributed by atoms with Crippen molar-refractivity contribution in [3.63, 3.8) is 0 Å². The van der Waals surface area contributed by atoms with Gasteiger partial charge >= 0.3 is 0 Å². The van der Waals surface area contributed by atoms with E-state index in [4.69, 9.17) is 23.2 Å². The molecule has 0 amide bonds. The molecule has 2 aromatic heterocycles. The molecule has 29 heavy (non-hydrogen) atoms. The minimum atomic E-state index is -0.172. The van der Waals surface area contributed by atoms with Crippen molar-refractivity contribution >= 4 is 57.7 Å². The van der Waals surface area contributed by atoms with Gasteiger partial charge in [-0.3, -0.25) is 4.79 Å². The zero-order valence-electron chi connectivity index (χ0n) is 15.8. The number of halogens is 2. The monoisotopic (exact) mass is 441 g/mol. The molecule has 0 spiro atoms. The third kappa shape index (κ3) is 4.27. The summed E-state index contributed by atoms with van der Waals surface area (Å²) in [6.07, 6.45) is 5.39. The molecule has 0 saturated heterocycles. The van der Waals surface area contributed by atoms with Crippen molar-refractivity contribution < 1.29 is 0 Å². The lowest BCUT2D eigenvalue weighted by atomic mass is 10.0. The number of rotatable bonds is 4. The van der Waals surface area contributed by atoms with Gasteiger partial charge in [0.15, 0.2) is 5.82 Å². The van der Waals surface area contributed by atoms with E-state index in [9.17, 15) is 4.79 Å². The number of aromatic nitrogens is 3. The molecule has 0 aliphatic rings. The van der Waals surface area contributed by atoms with E-state index in [0.29, 0.717) is 31.3 Å². The van der Waals surface area contributed by atoms with E-state index in [1.54, 1.807) is 24.3 Å². The molecule has 7 heteroatoms. The zero-order chi connectivity index (χ0) is 20.5. The van der Waals surface area contributed by atoms with Crippen LogP contribution in [0.25, 0.3) is 23.2 Å². The van der Waals surface area contributed by atoms with Crippen LogP contribution >= 0.6 is 34.5 Å². The van der Waals surface area contributed by atoms with E-state index < -0.39 is 0 Å². The van der Waals surface area contributed by atoms with Gasteiger partial charge in [0.25, 0.3) is 5.56 Å². The second-order valence-corrected chi connectivity index (χ2v) is 8.75. The third-order valence-electron chi connectivity index (χ3n) is 4.47. The van der Waals surface area contributed by atoms with E-state index in [0.717, 1.165) is 11.1 Å². The molecule has 0 saturated carbocycles. The highest BCUT2D eigenvalue weighted by Crippen LogP contribution is 2.22. The number of benzene rings is 2. The highest BCUT2D eigenvalue weighted by molar-refractivity contribution is 7.15. The molecule has 4 aromatic rings. The first kappa shape index (κ1) is 19.8. The van der Waals surface area contributed by atoms with Crippen LogP contribution in [0.5, 0.6) is 0 Å². The van der Waals surface area contributed by atoms with Gasteiger partial charge in [-0.05, 0) is 53.0 Å².